The number of carbonyl (C=O) groups excluding carboxylic acids is 1. The lowest BCUT2D eigenvalue weighted by atomic mass is 10.1. The molecule has 1 heterocycles. The summed E-state index contributed by atoms with van der Waals surface area (Å²) in [5.74, 6) is 1.74. The zero-order valence-corrected chi connectivity index (χ0v) is 21.0. The number of rotatable bonds is 10. The first-order chi connectivity index (χ1) is 16.6. The van der Waals surface area contributed by atoms with E-state index in [1.54, 1.807) is 14.2 Å². The molecule has 1 saturated heterocycles. The fourth-order valence-electron chi connectivity index (χ4n) is 4.08. The molecule has 34 heavy (non-hydrogen) atoms. The number of carbonyl (C=O) groups is 1. The molecule has 2 N–H and O–H groups in total. The van der Waals surface area contributed by atoms with Crippen molar-refractivity contribution < 1.29 is 14.3 Å². The molecule has 1 aliphatic rings. The largest absolute Gasteiger partial charge is 0.497 e. The summed E-state index contributed by atoms with van der Waals surface area (Å²) in [6.07, 6.45) is 2.61. The Balaban J connectivity index is 1.37. The number of benzene rings is 2. The number of ether oxygens (including phenoxy) is 2. The number of nitrogens with one attached hydrogen (secondary N) is 2. The summed E-state index contributed by atoms with van der Waals surface area (Å²) in [4.78, 5) is 16.8. The fraction of sp³-hybridized carbons (Fsp3) is 0.462. The highest BCUT2D eigenvalue weighted by molar-refractivity contribution is 7.80. The highest BCUT2D eigenvalue weighted by Crippen LogP contribution is 2.24. The molecule has 8 heteroatoms. The average Bonchev–Trinajstić information content (AvgIpc) is 3.10. The van der Waals surface area contributed by atoms with Crippen LogP contribution >= 0.6 is 12.2 Å². The first-order valence-electron chi connectivity index (χ1n) is 11.9. The highest BCUT2D eigenvalue weighted by atomic mass is 32.1. The van der Waals surface area contributed by atoms with E-state index in [4.69, 9.17) is 21.7 Å². The summed E-state index contributed by atoms with van der Waals surface area (Å²) in [7, 11) is 3.34. The van der Waals surface area contributed by atoms with Crippen molar-refractivity contribution in [3.05, 3.63) is 59.7 Å². The Morgan fingerprint density at radius 3 is 2.50 bits per heavy atom. The van der Waals surface area contributed by atoms with Crippen LogP contribution in [0.2, 0.25) is 0 Å². The molecular formula is C26H36N4O3S. The maximum absolute atomic E-state index is 12.4. The second-order valence-electron chi connectivity index (χ2n) is 8.36. The molecule has 1 fully saturated rings. The Morgan fingerprint density at radius 2 is 1.74 bits per heavy atom. The van der Waals surface area contributed by atoms with Crippen LogP contribution in [-0.4, -0.2) is 80.9 Å². The number of nitrogens with zero attached hydrogens (tertiary/aromatic N) is 2. The van der Waals surface area contributed by atoms with Crippen LogP contribution in [0.15, 0.2) is 48.5 Å². The van der Waals surface area contributed by atoms with Gasteiger partial charge < -0.3 is 25.0 Å². The van der Waals surface area contributed by atoms with Gasteiger partial charge in [-0.3, -0.25) is 9.69 Å². The van der Waals surface area contributed by atoms with Gasteiger partial charge in [0.1, 0.15) is 11.5 Å². The Kier molecular flexibility index (Phi) is 10.4. The lowest BCUT2D eigenvalue weighted by Gasteiger charge is -2.24. The minimum atomic E-state index is 0.0809. The molecule has 1 aliphatic heterocycles. The normalized spacial score (nSPS) is 14.2. The Bertz CT molecular complexity index is 926. The predicted octanol–water partition coefficient (Wildman–Crippen LogP) is 2.49. The van der Waals surface area contributed by atoms with Crippen molar-refractivity contribution in [2.45, 2.75) is 19.3 Å². The maximum Gasteiger partial charge on any atom is 0.234 e. The molecule has 2 aromatic carbocycles. The van der Waals surface area contributed by atoms with Crippen molar-refractivity contribution in [2.75, 3.05) is 60.0 Å². The molecule has 2 aromatic rings. The summed E-state index contributed by atoms with van der Waals surface area (Å²) >= 11 is 5.65. The van der Waals surface area contributed by atoms with Gasteiger partial charge in [-0.2, -0.15) is 0 Å². The smallest absolute Gasteiger partial charge is 0.234 e. The monoisotopic (exact) mass is 484 g/mol. The molecule has 0 aromatic heterocycles. The van der Waals surface area contributed by atoms with Crippen molar-refractivity contribution in [2.24, 2.45) is 0 Å². The third-order valence-corrected chi connectivity index (χ3v) is 6.38. The number of thiocarbonyl (C=S) groups is 1. The van der Waals surface area contributed by atoms with Gasteiger partial charge in [-0.25, -0.2) is 0 Å². The lowest BCUT2D eigenvalue weighted by Crippen LogP contribution is -2.43. The second-order valence-corrected chi connectivity index (χ2v) is 8.75. The Labute approximate surface area is 208 Å². The van der Waals surface area contributed by atoms with Crippen LogP contribution < -0.4 is 20.1 Å². The van der Waals surface area contributed by atoms with E-state index >= 15 is 0 Å². The number of hydrogen-bond donors (Lipinski definition) is 2. The Morgan fingerprint density at radius 1 is 0.941 bits per heavy atom. The average molecular weight is 485 g/mol. The van der Waals surface area contributed by atoms with Crippen LogP contribution in [0.5, 0.6) is 11.5 Å². The summed E-state index contributed by atoms with van der Waals surface area (Å²) in [5.41, 5.74) is 2.32. The summed E-state index contributed by atoms with van der Waals surface area (Å²) in [6.45, 7) is 5.22. The van der Waals surface area contributed by atoms with E-state index in [0.29, 0.717) is 19.6 Å². The quantitative estimate of drug-likeness (QED) is 0.503. The van der Waals surface area contributed by atoms with Gasteiger partial charge >= 0.3 is 0 Å². The van der Waals surface area contributed by atoms with Gasteiger partial charge in [0.2, 0.25) is 5.91 Å². The number of hydrogen-bond acceptors (Lipinski definition) is 5. The van der Waals surface area contributed by atoms with Crippen LogP contribution in [0, 0.1) is 0 Å². The molecule has 0 spiro atoms. The molecular weight excluding hydrogens is 448 g/mol. The molecule has 0 unspecified atom stereocenters. The van der Waals surface area contributed by atoms with Gasteiger partial charge in [-0.05, 0) is 60.8 Å². The van der Waals surface area contributed by atoms with E-state index < -0.39 is 0 Å². The predicted molar refractivity (Wildman–Crippen MR) is 140 cm³/mol. The highest BCUT2D eigenvalue weighted by Gasteiger charge is 2.18. The van der Waals surface area contributed by atoms with Gasteiger partial charge in [-0.15, -0.1) is 0 Å². The zero-order chi connectivity index (χ0) is 24.2. The molecule has 0 radical (unpaired) electrons. The molecule has 0 aliphatic carbocycles. The van der Waals surface area contributed by atoms with Crippen molar-refractivity contribution in [1.82, 2.24) is 20.4 Å². The van der Waals surface area contributed by atoms with E-state index in [9.17, 15) is 4.79 Å². The van der Waals surface area contributed by atoms with E-state index in [1.807, 2.05) is 36.4 Å². The van der Waals surface area contributed by atoms with Crippen molar-refractivity contribution in [1.29, 1.82) is 0 Å². The third-order valence-electron chi connectivity index (χ3n) is 5.98. The van der Waals surface area contributed by atoms with Crippen LogP contribution in [-0.2, 0) is 17.6 Å². The summed E-state index contributed by atoms with van der Waals surface area (Å²) in [6, 6.07) is 16.0. The summed E-state index contributed by atoms with van der Waals surface area (Å²) < 4.78 is 10.8. The van der Waals surface area contributed by atoms with E-state index in [2.05, 4.69) is 32.6 Å². The SMILES string of the molecule is COc1ccc(OC)c(CCNC(=S)N2CCCN(CC(=O)NCCc3ccccc3)CC2)c1. The first kappa shape index (κ1) is 25.8. The van der Waals surface area contributed by atoms with E-state index in [1.165, 1.54) is 5.56 Å². The molecule has 0 saturated carbocycles. The standard InChI is InChI=1S/C26H36N4O3S/c1-32-23-9-10-24(33-2)22(19-23)12-14-28-26(34)30-16-6-15-29(17-18-30)20-25(31)27-13-11-21-7-4-3-5-8-21/h3-5,7-10,19H,6,11-18,20H2,1-2H3,(H,27,31)(H,28,34). The van der Waals surface area contributed by atoms with Gasteiger partial charge in [0, 0.05) is 39.3 Å². The zero-order valence-electron chi connectivity index (χ0n) is 20.2. The van der Waals surface area contributed by atoms with Crippen LogP contribution in [0.1, 0.15) is 17.5 Å². The van der Waals surface area contributed by atoms with Gasteiger partial charge in [-0.1, -0.05) is 30.3 Å². The van der Waals surface area contributed by atoms with Crippen molar-refractivity contribution >= 4 is 23.2 Å². The van der Waals surface area contributed by atoms with Crippen molar-refractivity contribution in [3.8, 4) is 11.5 Å². The van der Waals surface area contributed by atoms with Crippen LogP contribution in [0.4, 0.5) is 0 Å². The fourth-order valence-corrected chi connectivity index (χ4v) is 4.36. The number of methoxy groups -OCH3 is 2. The first-order valence-corrected chi connectivity index (χ1v) is 12.3. The molecule has 1 amide bonds. The van der Waals surface area contributed by atoms with Crippen molar-refractivity contribution in [3.63, 3.8) is 0 Å². The Hall–Kier alpha value is -2.84. The second kappa shape index (κ2) is 13.8. The van der Waals surface area contributed by atoms with Crippen LogP contribution in [0.25, 0.3) is 0 Å². The number of amides is 1. The minimum absolute atomic E-state index is 0.0809. The topological polar surface area (TPSA) is 66.1 Å². The third kappa shape index (κ3) is 8.18. The van der Waals surface area contributed by atoms with Gasteiger partial charge in [0.15, 0.2) is 5.11 Å². The molecule has 7 nitrogen and oxygen atoms in total. The van der Waals surface area contributed by atoms with Crippen LogP contribution in [0.3, 0.4) is 0 Å². The minimum Gasteiger partial charge on any atom is -0.497 e. The molecule has 0 atom stereocenters. The van der Waals surface area contributed by atoms with Gasteiger partial charge in [0.05, 0.1) is 20.8 Å². The maximum atomic E-state index is 12.4. The van der Waals surface area contributed by atoms with E-state index in [0.717, 1.165) is 67.6 Å². The molecule has 0 bridgehead atoms. The molecule has 3 rings (SSSR count). The van der Waals surface area contributed by atoms with Gasteiger partial charge in [0.25, 0.3) is 0 Å². The van der Waals surface area contributed by atoms with E-state index in [-0.39, 0.29) is 5.91 Å². The molecule has 184 valence electrons. The summed E-state index contributed by atoms with van der Waals surface area (Å²) in [5, 5.41) is 7.18. The lowest BCUT2D eigenvalue weighted by molar-refractivity contribution is -0.122.